The number of amides is 2. The van der Waals surface area contributed by atoms with Crippen LogP contribution in [0.1, 0.15) is 25.2 Å². The Balaban J connectivity index is 1.69. The minimum absolute atomic E-state index is 0.000202. The molecule has 0 atom stereocenters. The van der Waals surface area contributed by atoms with Crippen molar-refractivity contribution in [3.05, 3.63) is 5.89 Å². The van der Waals surface area contributed by atoms with Crippen LogP contribution in [0, 0.1) is 0 Å². The molecule has 0 aromatic carbocycles. The quantitative estimate of drug-likeness (QED) is 0.614. The molecule has 1 fully saturated rings. The Kier molecular flexibility index (Phi) is 6.85. The fourth-order valence-corrected chi connectivity index (χ4v) is 2.93. The minimum Gasteiger partial charge on any atom is -0.410 e. The molecule has 9 heteroatoms. The summed E-state index contributed by atoms with van der Waals surface area (Å²) in [6.07, 6.45) is 3.80. The number of nitrogens with one attached hydrogen (secondary N) is 2. The third kappa shape index (κ3) is 6.19. The van der Waals surface area contributed by atoms with Crippen molar-refractivity contribution in [2.24, 2.45) is 0 Å². The van der Waals surface area contributed by atoms with Gasteiger partial charge in [0.15, 0.2) is 6.54 Å². The van der Waals surface area contributed by atoms with Gasteiger partial charge >= 0.3 is 0 Å². The van der Waals surface area contributed by atoms with Crippen molar-refractivity contribution in [2.75, 3.05) is 39.5 Å². The van der Waals surface area contributed by atoms with Gasteiger partial charge in [-0.05, 0) is 19.3 Å². The van der Waals surface area contributed by atoms with Gasteiger partial charge in [-0.25, -0.2) is 0 Å². The first-order valence-electron chi connectivity index (χ1n) is 7.80. The van der Waals surface area contributed by atoms with Gasteiger partial charge in [0.05, 0.1) is 25.4 Å². The van der Waals surface area contributed by atoms with Crippen LogP contribution in [-0.2, 0) is 16.1 Å². The van der Waals surface area contributed by atoms with Gasteiger partial charge in [0.1, 0.15) is 0 Å². The summed E-state index contributed by atoms with van der Waals surface area (Å²) in [7, 11) is 3.29. The number of piperidine rings is 1. The van der Waals surface area contributed by atoms with Crippen LogP contribution in [-0.4, -0.2) is 66.4 Å². The number of nitrogens with zero attached hydrogens (tertiary/aromatic N) is 3. The van der Waals surface area contributed by atoms with Crippen molar-refractivity contribution in [3.8, 4) is 0 Å². The lowest BCUT2D eigenvalue weighted by atomic mass is 10.1. The zero-order valence-corrected chi connectivity index (χ0v) is 14.4. The molecule has 1 aliphatic heterocycles. The van der Waals surface area contributed by atoms with Gasteiger partial charge in [-0.2, -0.15) is 0 Å². The van der Waals surface area contributed by atoms with Gasteiger partial charge in [0.2, 0.25) is 11.8 Å². The van der Waals surface area contributed by atoms with Gasteiger partial charge in [-0.1, -0.05) is 11.8 Å². The van der Waals surface area contributed by atoms with E-state index in [1.807, 2.05) is 0 Å². The Morgan fingerprint density at radius 2 is 2.00 bits per heavy atom. The Morgan fingerprint density at radius 1 is 1.26 bits per heavy atom. The van der Waals surface area contributed by atoms with E-state index in [2.05, 4.69) is 15.5 Å². The van der Waals surface area contributed by atoms with Gasteiger partial charge in [0.25, 0.3) is 11.1 Å². The smallest absolute Gasteiger partial charge is 0.277 e. The summed E-state index contributed by atoms with van der Waals surface area (Å²) < 4.78 is 5.57. The van der Waals surface area contributed by atoms with Crippen molar-refractivity contribution < 1.29 is 18.9 Å². The molecule has 2 amide bonds. The molecule has 1 aromatic rings. The standard InChI is InChI=1S/C14H23N5O3S/c1-18(2)13(21)8-15-11(20)10-23-14-17-16-12(22-14)9-19-6-4-3-5-7-19/h3-10H2,1-2H3,(H,15,20)/p+1. The lowest BCUT2D eigenvalue weighted by Crippen LogP contribution is -3.11. The van der Waals surface area contributed by atoms with Gasteiger partial charge in [0, 0.05) is 14.1 Å². The molecule has 1 saturated heterocycles. The molecule has 0 spiro atoms. The Hall–Kier alpha value is -1.61. The third-order valence-corrected chi connectivity index (χ3v) is 4.49. The molecule has 0 unspecified atom stereocenters. The lowest BCUT2D eigenvalue weighted by Gasteiger charge is -2.21. The van der Waals surface area contributed by atoms with Crippen molar-refractivity contribution in [1.29, 1.82) is 0 Å². The average molecular weight is 342 g/mol. The second kappa shape index (κ2) is 8.88. The van der Waals surface area contributed by atoms with Crippen molar-refractivity contribution in [2.45, 2.75) is 31.0 Å². The van der Waals surface area contributed by atoms with E-state index in [0.29, 0.717) is 11.1 Å². The maximum absolute atomic E-state index is 11.7. The first-order chi connectivity index (χ1) is 11.0. The van der Waals surface area contributed by atoms with Crippen LogP contribution in [0.3, 0.4) is 0 Å². The Morgan fingerprint density at radius 3 is 2.70 bits per heavy atom. The lowest BCUT2D eigenvalue weighted by molar-refractivity contribution is -0.919. The summed E-state index contributed by atoms with van der Waals surface area (Å²) in [5, 5.41) is 10.9. The number of thioether (sulfide) groups is 1. The monoisotopic (exact) mass is 342 g/mol. The van der Waals surface area contributed by atoms with Gasteiger partial charge in [-0.15, -0.1) is 10.2 Å². The molecule has 23 heavy (non-hydrogen) atoms. The summed E-state index contributed by atoms with van der Waals surface area (Å²) >= 11 is 1.18. The predicted molar refractivity (Wildman–Crippen MR) is 85.0 cm³/mol. The van der Waals surface area contributed by atoms with E-state index in [0.717, 1.165) is 19.6 Å². The summed E-state index contributed by atoms with van der Waals surface area (Å²) in [4.78, 5) is 25.9. The largest absolute Gasteiger partial charge is 0.410 e. The third-order valence-electron chi connectivity index (χ3n) is 3.67. The van der Waals surface area contributed by atoms with Crippen LogP contribution >= 0.6 is 11.8 Å². The molecule has 2 heterocycles. The second-order valence-electron chi connectivity index (χ2n) is 5.80. The van der Waals surface area contributed by atoms with Crippen LogP contribution in [0.15, 0.2) is 9.64 Å². The van der Waals surface area contributed by atoms with Crippen LogP contribution in [0.4, 0.5) is 0 Å². The maximum Gasteiger partial charge on any atom is 0.277 e. The van der Waals surface area contributed by atoms with E-state index in [1.165, 1.54) is 40.8 Å². The predicted octanol–water partition coefficient (Wildman–Crippen LogP) is -1.07. The molecule has 0 saturated carbocycles. The number of aromatic nitrogens is 2. The number of carbonyl (C=O) groups is 2. The van der Waals surface area contributed by atoms with E-state index in [4.69, 9.17) is 4.42 Å². The highest BCUT2D eigenvalue weighted by Crippen LogP contribution is 2.15. The van der Waals surface area contributed by atoms with Crippen LogP contribution in [0.2, 0.25) is 0 Å². The fourth-order valence-electron chi connectivity index (χ4n) is 2.32. The molecule has 1 aromatic heterocycles. The Labute approximate surface area is 140 Å². The van der Waals surface area contributed by atoms with Crippen molar-refractivity contribution in [3.63, 3.8) is 0 Å². The number of quaternary nitrogens is 1. The highest BCUT2D eigenvalue weighted by molar-refractivity contribution is 7.99. The first kappa shape index (κ1) is 17.7. The van der Waals surface area contributed by atoms with Gasteiger partial charge < -0.3 is 19.5 Å². The molecular formula is C14H24N5O3S+. The molecule has 2 N–H and O–H groups in total. The van der Waals surface area contributed by atoms with E-state index in [9.17, 15) is 9.59 Å². The summed E-state index contributed by atoms with van der Waals surface area (Å²) in [6.45, 7) is 3.04. The Bertz CT molecular complexity index is 528. The topological polar surface area (TPSA) is 92.8 Å². The second-order valence-corrected chi connectivity index (χ2v) is 6.73. The summed E-state index contributed by atoms with van der Waals surface area (Å²) in [6, 6.07) is 0. The number of hydrogen-bond donors (Lipinski definition) is 2. The van der Waals surface area contributed by atoms with Crippen LogP contribution < -0.4 is 10.2 Å². The first-order valence-corrected chi connectivity index (χ1v) is 8.79. The van der Waals surface area contributed by atoms with Crippen LogP contribution in [0.25, 0.3) is 0 Å². The summed E-state index contributed by atoms with van der Waals surface area (Å²) in [5.74, 6) is 0.394. The number of likely N-dealkylation sites (tertiary alicyclic amines) is 1. The number of hydrogen-bond acceptors (Lipinski definition) is 6. The molecule has 0 radical (unpaired) electrons. The minimum atomic E-state index is -0.230. The molecule has 8 nitrogen and oxygen atoms in total. The van der Waals surface area contributed by atoms with E-state index < -0.39 is 0 Å². The number of rotatable bonds is 7. The number of carbonyl (C=O) groups excluding carboxylic acids is 2. The van der Waals surface area contributed by atoms with Crippen molar-refractivity contribution >= 4 is 23.6 Å². The SMILES string of the molecule is CN(C)C(=O)CNC(=O)CSc1nnc(C[NH+]2CCCCC2)o1. The van der Waals surface area contributed by atoms with E-state index >= 15 is 0 Å². The zero-order valence-electron chi connectivity index (χ0n) is 13.6. The summed E-state index contributed by atoms with van der Waals surface area (Å²) in [5.41, 5.74) is 0. The molecule has 0 aliphatic carbocycles. The van der Waals surface area contributed by atoms with E-state index in [-0.39, 0.29) is 24.1 Å². The van der Waals surface area contributed by atoms with Crippen LogP contribution in [0.5, 0.6) is 0 Å². The molecule has 1 aliphatic rings. The number of likely N-dealkylation sites (N-methyl/N-ethyl adjacent to an activating group) is 1. The normalized spacial score (nSPS) is 15.4. The highest BCUT2D eigenvalue weighted by atomic mass is 32.2. The molecule has 128 valence electrons. The zero-order chi connectivity index (χ0) is 16.7. The van der Waals surface area contributed by atoms with Gasteiger partial charge in [-0.3, -0.25) is 9.59 Å². The molecular weight excluding hydrogens is 318 g/mol. The highest BCUT2D eigenvalue weighted by Gasteiger charge is 2.18. The average Bonchev–Trinajstić information content (AvgIpc) is 2.99. The molecule has 2 rings (SSSR count). The fraction of sp³-hybridized carbons (Fsp3) is 0.714. The van der Waals surface area contributed by atoms with Crippen molar-refractivity contribution in [1.82, 2.24) is 20.4 Å². The molecule has 0 bridgehead atoms. The maximum atomic E-state index is 11.7. The van der Waals surface area contributed by atoms with E-state index in [1.54, 1.807) is 14.1 Å².